The second-order valence-corrected chi connectivity index (χ2v) is 4.59. The van der Waals surface area contributed by atoms with E-state index in [0.717, 1.165) is 0 Å². The van der Waals surface area contributed by atoms with Gasteiger partial charge in [-0.2, -0.15) is 0 Å². The monoisotopic (exact) mass is 273 g/mol. The van der Waals surface area contributed by atoms with Crippen LogP contribution in [-0.2, 0) is 23.8 Å². The zero-order valence-electron chi connectivity index (χ0n) is 11.9. The second-order valence-electron chi connectivity index (χ2n) is 4.59. The van der Waals surface area contributed by atoms with E-state index in [-0.39, 0.29) is 36.8 Å². The number of likely N-dealkylation sites (tertiary alicyclic amines) is 1. The molecule has 0 aromatic heterocycles. The summed E-state index contributed by atoms with van der Waals surface area (Å²) in [4.78, 5) is 24.9. The average molecular weight is 273 g/mol. The van der Waals surface area contributed by atoms with E-state index in [1.165, 1.54) is 0 Å². The van der Waals surface area contributed by atoms with Crippen molar-refractivity contribution in [2.45, 2.75) is 32.0 Å². The zero-order chi connectivity index (χ0) is 14.3. The highest BCUT2D eigenvalue weighted by Crippen LogP contribution is 2.15. The van der Waals surface area contributed by atoms with Crippen LogP contribution < -0.4 is 0 Å². The van der Waals surface area contributed by atoms with Crippen molar-refractivity contribution in [2.75, 3.05) is 40.5 Å². The lowest BCUT2D eigenvalue weighted by molar-refractivity contribution is -0.144. The van der Waals surface area contributed by atoms with Gasteiger partial charge in [0.05, 0.1) is 31.8 Å². The lowest BCUT2D eigenvalue weighted by Crippen LogP contribution is -2.29. The molecule has 1 heterocycles. The van der Waals surface area contributed by atoms with E-state index in [9.17, 15) is 9.59 Å². The molecule has 0 aromatic carbocycles. The van der Waals surface area contributed by atoms with E-state index < -0.39 is 0 Å². The first-order valence-electron chi connectivity index (χ1n) is 6.56. The van der Waals surface area contributed by atoms with Gasteiger partial charge in [0.15, 0.2) is 0 Å². The first-order chi connectivity index (χ1) is 9.10. The molecule has 2 atom stereocenters. The molecule has 0 spiro atoms. The normalized spacial score (nSPS) is 23.5. The summed E-state index contributed by atoms with van der Waals surface area (Å²) in [5.74, 6) is -0.276. The molecule has 1 saturated heterocycles. The summed E-state index contributed by atoms with van der Waals surface area (Å²) in [5.41, 5.74) is 0. The Labute approximate surface area is 114 Å². The van der Waals surface area contributed by atoms with Gasteiger partial charge in [0.2, 0.25) is 0 Å². The number of methoxy groups -OCH3 is 2. The van der Waals surface area contributed by atoms with Crippen molar-refractivity contribution in [3.63, 3.8) is 0 Å². The van der Waals surface area contributed by atoms with Crippen LogP contribution in [0.2, 0.25) is 0 Å². The molecule has 2 unspecified atom stereocenters. The number of hydrogen-bond acceptors (Lipinski definition) is 6. The third-order valence-corrected chi connectivity index (χ3v) is 3.21. The second kappa shape index (κ2) is 8.24. The molecule has 110 valence electrons. The third-order valence-electron chi connectivity index (χ3n) is 3.21. The summed E-state index contributed by atoms with van der Waals surface area (Å²) in [7, 11) is 3.28. The molecule has 0 amide bonds. The highest BCUT2D eigenvalue weighted by Gasteiger charge is 2.33. The Balaban J connectivity index is 2.28. The van der Waals surface area contributed by atoms with Crippen LogP contribution in [0.3, 0.4) is 0 Å². The molecule has 6 nitrogen and oxygen atoms in total. The van der Waals surface area contributed by atoms with Crippen molar-refractivity contribution in [2.24, 2.45) is 0 Å². The number of carbonyl (C=O) groups is 2. The maximum atomic E-state index is 11.8. The quantitative estimate of drug-likeness (QED) is 0.590. The number of carbonyl (C=O) groups excluding carboxylic acids is 2. The maximum Gasteiger partial charge on any atom is 0.306 e. The Kier molecular flexibility index (Phi) is 6.97. The van der Waals surface area contributed by atoms with Crippen LogP contribution in [0.1, 0.15) is 19.8 Å². The van der Waals surface area contributed by atoms with Crippen molar-refractivity contribution >= 4 is 11.8 Å². The zero-order valence-corrected chi connectivity index (χ0v) is 11.9. The van der Waals surface area contributed by atoms with Crippen molar-refractivity contribution < 1.29 is 23.8 Å². The van der Waals surface area contributed by atoms with Gasteiger partial charge >= 0.3 is 5.97 Å². The topological polar surface area (TPSA) is 65.1 Å². The summed E-state index contributed by atoms with van der Waals surface area (Å²) in [5, 5.41) is 0. The largest absolute Gasteiger partial charge is 0.466 e. The van der Waals surface area contributed by atoms with Crippen LogP contribution in [0.5, 0.6) is 0 Å². The highest BCUT2D eigenvalue weighted by molar-refractivity contribution is 5.84. The molecule has 0 aliphatic carbocycles. The van der Waals surface area contributed by atoms with E-state index in [0.29, 0.717) is 26.2 Å². The van der Waals surface area contributed by atoms with Crippen LogP contribution >= 0.6 is 0 Å². The molecular weight excluding hydrogens is 250 g/mol. The molecule has 1 aliphatic rings. The van der Waals surface area contributed by atoms with Crippen LogP contribution in [-0.4, -0.2) is 69.3 Å². The molecule has 1 aliphatic heterocycles. The van der Waals surface area contributed by atoms with E-state index in [4.69, 9.17) is 14.2 Å². The van der Waals surface area contributed by atoms with Crippen LogP contribution in [0.25, 0.3) is 0 Å². The first kappa shape index (κ1) is 16.1. The highest BCUT2D eigenvalue weighted by atomic mass is 16.5. The minimum absolute atomic E-state index is 0.00265. The number of Topliss-reactive ketones (excluding diaryl/α,β-unsaturated/α-hetero) is 1. The predicted octanol–water partition coefficient (Wildman–Crippen LogP) is 0.244. The predicted molar refractivity (Wildman–Crippen MR) is 68.9 cm³/mol. The van der Waals surface area contributed by atoms with Crippen LogP contribution in [0.15, 0.2) is 0 Å². The van der Waals surface area contributed by atoms with Gasteiger partial charge in [-0.15, -0.1) is 0 Å². The van der Waals surface area contributed by atoms with Gasteiger partial charge in [-0.05, 0) is 6.92 Å². The van der Waals surface area contributed by atoms with E-state index in [1.54, 1.807) is 21.1 Å². The lowest BCUT2D eigenvalue weighted by Gasteiger charge is -2.13. The standard InChI is InChI=1S/C13H23NO5/c1-4-19-13(16)6-5-10(15)7-14-8-11(17-2)12(9-14)18-3/h11-12H,4-9H2,1-3H3. The van der Waals surface area contributed by atoms with Gasteiger partial charge in [-0.3, -0.25) is 14.5 Å². The number of esters is 1. The number of ether oxygens (including phenoxy) is 3. The molecule has 1 rings (SSSR count). The van der Waals surface area contributed by atoms with Crippen molar-refractivity contribution in [1.82, 2.24) is 4.90 Å². The number of rotatable bonds is 8. The molecule has 19 heavy (non-hydrogen) atoms. The molecule has 0 saturated carbocycles. The summed E-state index contributed by atoms with van der Waals surface area (Å²) < 4.78 is 15.4. The van der Waals surface area contributed by atoms with Gasteiger partial charge in [0.1, 0.15) is 5.78 Å². The minimum atomic E-state index is -0.318. The fraction of sp³-hybridized carbons (Fsp3) is 0.846. The Hall–Kier alpha value is -0.980. The third kappa shape index (κ3) is 5.26. The molecule has 0 radical (unpaired) electrons. The summed E-state index contributed by atoms with van der Waals surface area (Å²) in [6.07, 6.45) is 0.387. The Morgan fingerprint density at radius 1 is 1.11 bits per heavy atom. The SMILES string of the molecule is CCOC(=O)CCC(=O)CN1CC(OC)C(OC)C1. The van der Waals surface area contributed by atoms with E-state index in [1.807, 2.05) is 4.90 Å². The summed E-state index contributed by atoms with van der Waals surface area (Å²) in [6.45, 7) is 3.79. The summed E-state index contributed by atoms with van der Waals surface area (Å²) in [6, 6.07) is 0. The fourth-order valence-corrected chi connectivity index (χ4v) is 2.20. The van der Waals surface area contributed by atoms with Crippen molar-refractivity contribution in [3.8, 4) is 0 Å². The van der Waals surface area contributed by atoms with Crippen LogP contribution in [0.4, 0.5) is 0 Å². The smallest absolute Gasteiger partial charge is 0.306 e. The first-order valence-corrected chi connectivity index (χ1v) is 6.56. The van der Waals surface area contributed by atoms with Gasteiger partial charge in [0.25, 0.3) is 0 Å². The Morgan fingerprint density at radius 3 is 2.16 bits per heavy atom. The van der Waals surface area contributed by atoms with Gasteiger partial charge in [0, 0.05) is 33.7 Å². The number of hydrogen-bond donors (Lipinski definition) is 0. The molecule has 0 N–H and O–H groups in total. The lowest BCUT2D eigenvalue weighted by atomic mass is 10.2. The number of nitrogens with zero attached hydrogens (tertiary/aromatic N) is 1. The van der Waals surface area contributed by atoms with Crippen LogP contribution in [0, 0.1) is 0 Å². The van der Waals surface area contributed by atoms with Gasteiger partial charge in [-0.25, -0.2) is 0 Å². The Morgan fingerprint density at radius 2 is 1.68 bits per heavy atom. The fourth-order valence-electron chi connectivity index (χ4n) is 2.20. The molecular formula is C13H23NO5. The number of ketones is 1. The maximum absolute atomic E-state index is 11.8. The minimum Gasteiger partial charge on any atom is -0.466 e. The molecule has 6 heteroatoms. The average Bonchev–Trinajstić information content (AvgIpc) is 2.78. The van der Waals surface area contributed by atoms with E-state index in [2.05, 4.69) is 0 Å². The van der Waals surface area contributed by atoms with Gasteiger partial charge in [-0.1, -0.05) is 0 Å². The Bertz CT molecular complexity index is 295. The summed E-state index contributed by atoms with van der Waals surface area (Å²) >= 11 is 0. The van der Waals surface area contributed by atoms with E-state index >= 15 is 0 Å². The molecule has 0 bridgehead atoms. The van der Waals surface area contributed by atoms with Crippen molar-refractivity contribution in [3.05, 3.63) is 0 Å². The van der Waals surface area contributed by atoms with Gasteiger partial charge < -0.3 is 14.2 Å². The molecule has 0 aromatic rings. The molecule has 1 fully saturated rings. The van der Waals surface area contributed by atoms with Crippen molar-refractivity contribution in [1.29, 1.82) is 0 Å².